The van der Waals surface area contributed by atoms with Crippen LogP contribution in [0.1, 0.15) is 0 Å². The maximum absolute atomic E-state index is 10.4. The van der Waals surface area contributed by atoms with Crippen molar-refractivity contribution in [2.45, 2.75) is 0 Å². The van der Waals surface area contributed by atoms with Crippen molar-refractivity contribution in [3.05, 3.63) is 57.5 Å². The quantitative estimate of drug-likeness (QED) is 0.444. The second-order valence-electron chi connectivity index (χ2n) is 4.71. The summed E-state index contributed by atoms with van der Waals surface area (Å²) >= 11 is 12.3. The highest BCUT2D eigenvalue weighted by molar-refractivity contribution is 7.73. The van der Waals surface area contributed by atoms with Crippen LogP contribution in [0.2, 0.25) is 5.02 Å². The van der Waals surface area contributed by atoms with Gasteiger partial charge in [-0.3, -0.25) is 4.57 Å². The molecule has 5 nitrogen and oxygen atoms in total. The van der Waals surface area contributed by atoms with Gasteiger partial charge < -0.3 is 9.84 Å². The fraction of sp³-hybridized carbons (Fsp3) is 0.0625. The topological polar surface area (TPSA) is 59.1 Å². The summed E-state index contributed by atoms with van der Waals surface area (Å²) in [6, 6.07) is 14.1. The van der Waals surface area contributed by atoms with Gasteiger partial charge >= 0.3 is 0 Å². The number of aromatic hydroxyl groups is 1. The van der Waals surface area contributed by atoms with E-state index in [9.17, 15) is 5.11 Å². The summed E-state index contributed by atoms with van der Waals surface area (Å²) in [4.78, 5) is 0. The molecule has 3 aromatic rings. The number of ether oxygens (including phenoxy) is 1. The Morgan fingerprint density at radius 3 is 2.38 bits per heavy atom. The predicted octanol–water partition coefficient (Wildman–Crippen LogP) is 6.05. The van der Waals surface area contributed by atoms with Gasteiger partial charge in [0.25, 0.3) is 0 Å². The molecule has 0 unspecified atom stereocenters. The Kier molecular flexibility index (Phi) is 4.94. The van der Waals surface area contributed by atoms with Gasteiger partial charge in [0.15, 0.2) is 3.95 Å². The SMILES string of the molecule is COc1ccc(-n2c(O)c(N=Nc3ccc(Cl)cc3)sc2=S)cc1. The van der Waals surface area contributed by atoms with E-state index in [4.69, 9.17) is 28.6 Å². The lowest BCUT2D eigenvalue weighted by Crippen LogP contribution is -1.92. The first-order valence-corrected chi connectivity index (χ1v) is 8.45. The van der Waals surface area contributed by atoms with E-state index < -0.39 is 0 Å². The molecule has 1 aromatic heterocycles. The van der Waals surface area contributed by atoms with Gasteiger partial charge in [0.05, 0.1) is 18.5 Å². The lowest BCUT2D eigenvalue weighted by atomic mass is 10.3. The van der Waals surface area contributed by atoms with E-state index in [1.807, 2.05) is 0 Å². The summed E-state index contributed by atoms with van der Waals surface area (Å²) in [5.74, 6) is 0.676. The van der Waals surface area contributed by atoms with Crippen molar-refractivity contribution in [3.8, 4) is 17.3 Å². The first-order chi connectivity index (χ1) is 11.6. The Hall–Kier alpha value is -2.22. The molecule has 122 valence electrons. The van der Waals surface area contributed by atoms with Crippen molar-refractivity contribution in [2.75, 3.05) is 7.11 Å². The number of hydrogen-bond donors (Lipinski definition) is 1. The minimum atomic E-state index is -0.0483. The summed E-state index contributed by atoms with van der Waals surface area (Å²) in [5, 5.41) is 19.5. The van der Waals surface area contributed by atoms with E-state index in [1.165, 1.54) is 15.9 Å². The number of rotatable bonds is 4. The molecular weight excluding hydrogens is 366 g/mol. The summed E-state index contributed by atoms with van der Waals surface area (Å²) in [7, 11) is 1.60. The molecule has 0 amide bonds. The van der Waals surface area contributed by atoms with Gasteiger partial charge in [-0.1, -0.05) is 22.9 Å². The zero-order valence-corrected chi connectivity index (χ0v) is 14.9. The summed E-state index contributed by atoms with van der Waals surface area (Å²) in [6.45, 7) is 0. The Labute approximate surface area is 152 Å². The van der Waals surface area contributed by atoms with Crippen LogP contribution in [-0.2, 0) is 0 Å². The number of benzene rings is 2. The molecule has 0 saturated carbocycles. The molecule has 0 bridgehead atoms. The molecule has 0 saturated heterocycles. The van der Waals surface area contributed by atoms with Crippen molar-refractivity contribution < 1.29 is 9.84 Å². The van der Waals surface area contributed by atoms with Crippen molar-refractivity contribution in [1.82, 2.24) is 4.57 Å². The van der Waals surface area contributed by atoms with E-state index in [1.54, 1.807) is 55.6 Å². The van der Waals surface area contributed by atoms with Crippen LogP contribution in [0, 0.1) is 3.95 Å². The first-order valence-electron chi connectivity index (χ1n) is 6.85. The second-order valence-corrected chi connectivity index (χ2v) is 6.77. The lowest BCUT2D eigenvalue weighted by Gasteiger charge is -2.05. The highest BCUT2D eigenvalue weighted by Crippen LogP contribution is 2.38. The zero-order valence-electron chi connectivity index (χ0n) is 12.5. The van der Waals surface area contributed by atoms with Gasteiger partial charge in [-0.15, -0.1) is 10.2 Å². The molecule has 0 aliphatic heterocycles. The van der Waals surface area contributed by atoms with E-state index in [0.717, 1.165) is 11.4 Å². The van der Waals surface area contributed by atoms with Crippen LogP contribution in [0.15, 0.2) is 58.8 Å². The van der Waals surface area contributed by atoms with Crippen LogP contribution in [-0.4, -0.2) is 16.8 Å². The monoisotopic (exact) mass is 377 g/mol. The number of thiazole rings is 1. The van der Waals surface area contributed by atoms with Gasteiger partial charge in [0.2, 0.25) is 10.9 Å². The summed E-state index contributed by atoms with van der Waals surface area (Å²) in [6.07, 6.45) is 0. The van der Waals surface area contributed by atoms with Crippen molar-refractivity contribution in [3.63, 3.8) is 0 Å². The third-order valence-electron chi connectivity index (χ3n) is 3.18. The minimum Gasteiger partial charge on any atom is -0.497 e. The predicted molar refractivity (Wildman–Crippen MR) is 98.3 cm³/mol. The fourth-order valence-corrected chi connectivity index (χ4v) is 3.26. The number of methoxy groups -OCH3 is 1. The summed E-state index contributed by atoms with van der Waals surface area (Å²) < 4.78 is 7.14. The fourth-order valence-electron chi connectivity index (χ4n) is 1.99. The van der Waals surface area contributed by atoms with E-state index in [2.05, 4.69) is 10.2 Å². The third kappa shape index (κ3) is 3.48. The molecule has 0 radical (unpaired) electrons. The largest absolute Gasteiger partial charge is 0.497 e. The number of aromatic nitrogens is 1. The zero-order chi connectivity index (χ0) is 17.1. The highest BCUT2D eigenvalue weighted by Gasteiger charge is 2.13. The Morgan fingerprint density at radius 2 is 1.75 bits per heavy atom. The molecule has 3 rings (SSSR count). The highest BCUT2D eigenvalue weighted by atomic mass is 35.5. The Morgan fingerprint density at radius 1 is 1.08 bits per heavy atom. The average molecular weight is 378 g/mol. The number of azo groups is 1. The van der Waals surface area contributed by atoms with Crippen LogP contribution in [0.4, 0.5) is 10.7 Å². The van der Waals surface area contributed by atoms with Gasteiger partial charge in [0, 0.05) is 5.02 Å². The van der Waals surface area contributed by atoms with Gasteiger partial charge in [-0.2, -0.15) is 0 Å². The van der Waals surface area contributed by atoms with Crippen LogP contribution in [0.3, 0.4) is 0 Å². The maximum atomic E-state index is 10.4. The summed E-state index contributed by atoms with van der Waals surface area (Å²) in [5.41, 5.74) is 1.36. The third-order valence-corrected chi connectivity index (χ3v) is 4.68. The molecule has 0 spiro atoms. The van der Waals surface area contributed by atoms with Crippen molar-refractivity contribution >= 4 is 45.8 Å². The molecule has 24 heavy (non-hydrogen) atoms. The van der Waals surface area contributed by atoms with Crippen LogP contribution < -0.4 is 4.74 Å². The van der Waals surface area contributed by atoms with Crippen molar-refractivity contribution in [2.24, 2.45) is 10.2 Å². The molecular formula is C16H12ClN3O2S2. The van der Waals surface area contributed by atoms with Gasteiger partial charge in [0.1, 0.15) is 5.75 Å². The number of hydrogen-bond acceptors (Lipinski definition) is 6. The van der Waals surface area contributed by atoms with Gasteiger partial charge in [-0.25, -0.2) is 0 Å². The van der Waals surface area contributed by atoms with Crippen LogP contribution in [0.5, 0.6) is 11.6 Å². The van der Waals surface area contributed by atoms with Crippen LogP contribution in [0.25, 0.3) is 5.69 Å². The van der Waals surface area contributed by atoms with Crippen LogP contribution >= 0.6 is 35.2 Å². The van der Waals surface area contributed by atoms with Gasteiger partial charge in [-0.05, 0) is 60.7 Å². The molecule has 1 heterocycles. The first kappa shape index (κ1) is 16.6. The smallest absolute Gasteiger partial charge is 0.236 e. The van der Waals surface area contributed by atoms with E-state index in [0.29, 0.717) is 19.7 Å². The van der Waals surface area contributed by atoms with E-state index in [-0.39, 0.29) is 5.88 Å². The standard InChI is InChI=1S/C16H12ClN3O2S2/c1-22-13-8-6-12(7-9-13)20-15(21)14(24-16(20)23)19-18-11-4-2-10(17)3-5-11/h2-9,21H,1H3. The van der Waals surface area contributed by atoms with E-state index >= 15 is 0 Å². The minimum absolute atomic E-state index is 0.0483. The lowest BCUT2D eigenvalue weighted by molar-refractivity contribution is 0.414. The Bertz CT molecular complexity index is 931. The molecule has 8 heteroatoms. The maximum Gasteiger partial charge on any atom is 0.236 e. The normalized spacial score (nSPS) is 11.1. The second kappa shape index (κ2) is 7.12. The number of nitrogens with zero attached hydrogens (tertiary/aromatic N) is 3. The molecule has 0 aliphatic carbocycles. The molecule has 0 aliphatic rings. The van der Waals surface area contributed by atoms with Crippen molar-refractivity contribution in [1.29, 1.82) is 0 Å². The number of halogens is 1. The molecule has 2 aromatic carbocycles. The molecule has 0 fully saturated rings. The Balaban J connectivity index is 1.93. The molecule has 1 N–H and O–H groups in total. The molecule has 0 atom stereocenters. The average Bonchev–Trinajstić information content (AvgIpc) is 2.88.